The van der Waals surface area contributed by atoms with Crippen LogP contribution in [-0.2, 0) is 16.0 Å². The number of carbonyl (C=O) groups is 1. The van der Waals surface area contributed by atoms with Crippen molar-refractivity contribution in [3.8, 4) is 6.07 Å². The molecule has 0 unspecified atom stereocenters. The molecule has 1 aliphatic heterocycles. The Morgan fingerprint density at radius 3 is 2.69 bits per heavy atom. The highest BCUT2D eigenvalue weighted by atomic mass is 16.6. The van der Waals surface area contributed by atoms with E-state index in [1.54, 1.807) is 29.9 Å². The first-order valence-electron chi connectivity index (χ1n) is 10.9. The van der Waals surface area contributed by atoms with E-state index in [1.165, 1.54) is 0 Å². The van der Waals surface area contributed by atoms with Crippen molar-refractivity contribution in [1.29, 1.82) is 5.26 Å². The molecule has 0 aliphatic carbocycles. The molecule has 2 aromatic rings. The maximum atomic E-state index is 12.7. The number of benzene rings is 1. The van der Waals surface area contributed by atoms with Gasteiger partial charge in [0, 0.05) is 44.7 Å². The van der Waals surface area contributed by atoms with Gasteiger partial charge in [-0.2, -0.15) is 5.26 Å². The van der Waals surface area contributed by atoms with E-state index in [2.05, 4.69) is 16.3 Å². The maximum Gasteiger partial charge on any atom is 0.407 e. The first-order chi connectivity index (χ1) is 15.1. The predicted molar refractivity (Wildman–Crippen MR) is 123 cm³/mol. The van der Waals surface area contributed by atoms with Crippen molar-refractivity contribution in [2.24, 2.45) is 0 Å². The van der Waals surface area contributed by atoms with E-state index < -0.39 is 11.7 Å². The second-order valence-electron chi connectivity index (χ2n) is 9.28. The highest BCUT2D eigenvalue weighted by Crippen LogP contribution is 2.19. The summed E-state index contributed by atoms with van der Waals surface area (Å²) in [6.07, 6.45) is 0.108. The average molecular weight is 441 g/mol. The molecule has 1 aliphatic rings. The number of nitrogens with zero attached hydrogens (tertiary/aromatic N) is 3. The molecule has 32 heavy (non-hydrogen) atoms. The standard InChI is InChI=1S/C24H32N4O4/c1-16-12-22(29)28(20-13-17(14-25)6-7-18(16)20)11-10-27-9-8-19(21(15-27)31-5)26-23(30)32-24(2,3)4/h6-7,12-13,19,21H,8-11,15H2,1-5H3,(H,26,30)/t19-,21+/m0/s1. The van der Waals surface area contributed by atoms with E-state index in [9.17, 15) is 14.9 Å². The molecule has 0 saturated carbocycles. The van der Waals surface area contributed by atoms with Crippen LogP contribution >= 0.6 is 0 Å². The fourth-order valence-corrected chi connectivity index (χ4v) is 4.14. The summed E-state index contributed by atoms with van der Waals surface area (Å²) in [7, 11) is 1.64. The molecule has 8 nitrogen and oxygen atoms in total. The molecule has 0 radical (unpaired) electrons. The molecule has 1 amide bonds. The molecule has 1 aromatic carbocycles. The smallest absolute Gasteiger partial charge is 0.407 e. The molecule has 0 spiro atoms. The fraction of sp³-hybridized carbons (Fsp3) is 0.542. The molecule has 1 saturated heterocycles. The van der Waals surface area contributed by atoms with Gasteiger partial charge in [-0.1, -0.05) is 6.07 Å². The third kappa shape index (κ3) is 5.67. The Morgan fingerprint density at radius 2 is 2.03 bits per heavy atom. The third-order valence-corrected chi connectivity index (χ3v) is 5.74. The number of piperidine rings is 1. The second-order valence-corrected chi connectivity index (χ2v) is 9.28. The number of ether oxygens (including phenoxy) is 2. The van der Waals surface area contributed by atoms with Gasteiger partial charge in [0.1, 0.15) is 5.60 Å². The fourth-order valence-electron chi connectivity index (χ4n) is 4.14. The lowest BCUT2D eigenvalue weighted by Gasteiger charge is -2.38. The van der Waals surface area contributed by atoms with Crippen molar-refractivity contribution in [2.45, 2.75) is 58.4 Å². The molecule has 8 heteroatoms. The van der Waals surface area contributed by atoms with Crippen molar-refractivity contribution < 1.29 is 14.3 Å². The van der Waals surface area contributed by atoms with Gasteiger partial charge < -0.3 is 19.4 Å². The van der Waals surface area contributed by atoms with Crippen molar-refractivity contribution in [3.05, 3.63) is 45.7 Å². The minimum absolute atomic E-state index is 0.0742. The van der Waals surface area contributed by atoms with Gasteiger partial charge in [-0.25, -0.2) is 4.79 Å². The van der Waals surface area contributed by atoms with Crippen LogP contribution in [0, 0.1) is 18.3 Å². The number of hydrogen-bond acceptors (Lipinski definition) is 6. The molecule has 2 heterocycles. The summed E-state index contributed by atoms with van der Waals surface area (Å²) >= 11 is 0. The Balaban J connectivity index is 1.69. The van der Waals surface area contributed by atoms with Crippen LogP contribution in [-0.4, -0.2) is 60.1 Å². The molecule has 2 atom stereocenters. The zero-order valence-electron chi connectivity index (χ0n) is 19.5. The zero-order chi connectivity index (χ0) is 23.5. The monoisotopic (exact) mass is 440 g/mol. The Kier molecular flexibility index (Phi) is 7.22. The van der Waals surface area contributed by atoms with Gasteiger partial charge in [-0.05, 0) is 51.8 Å². The number of aryl methyl sites for hydroxylation is 1. The van der Waals surface area contributed by atoms with Crippen LogP contribution in [0.1, 0.15) is 38.3 Å². The third-order valence-electron chi connectivity index (χ3n) is 5.74. The summed E-state index contributed by atoms with van der Waals surface area (Å²) in [5.41, 5.74) is 1.58. The summed E-state index contributed by atoms with van der Waals surface area (Å²) in [5, 5.41) is 13.2. The number of rotatable bonds is 5. The minimum Gasteiger partial charge on any atom is -0.444 e. The normalized spacial score (nSPS) is 19.5. The van der Waals surface area contributed by atoms with Crippen LogP contribution in [0.5, 0.6) is 0 Å². The van der Waals surface area contributed by atoms with E-state index in [0.29, 0.717) is 25.2 Å². The SMILES string of the molecule is CO[C@@H]1CN(CCn2c(=O)cc(C)c3ccc(C#N)cc32)CC[C@@H]1NC(=O)OC(C)(C)C. The summed E-state index contributed by atoms with van der Waals surface area (Å²) in [4.78, 5) is 27.1. The lowest BCUT2D eigenvalue weighted by molar-refractivity contribution is -0.00306. The molecule has 1 N–H and O–H groups in total. The number of pyridine rings is 1. The van der Waals surface area contributed by atoms with E-state index in [1.807, 2.05) is 33.8 Å². The quantitative estimate of drug-likeness (QED) is 0.768. The number of aromatic nitrogens is 1. The lowest BCUT2D eigenvalue weighted by atomic mass is 10.0. The highest BCUT2D eigenvalue weighted by Gasteiger charge is 2.31. The summed E-state index contributed by atoms with van der Waals surface area (Å²) in [6.45, 7) is 9.98. The number of carbonyl (C=O) groups excluding carboxylic acids is 1. The van der Waals surface area contributed by atoms with Gasteiger partial charge in [0.2, 0.25) is 0 Å². The average Bonchev–Trinajstić information content (AvgIpc) is 2.72. The largest absolute Gasteiger partial charge is 0.444 e. The predicted octanol–water partition coefficient (Wildman–Crippen LogP) is 2.80. The van der Waals surface area contributed by atoms with Crippen LogP contribution < -0.4 is 10.9 Å². The van der Waals surface area contributed by atoms with Gasteiger partial charge in [0.25, 0.3) is 5.56 Å². The number of nitrogens with one attached hydrogen (secondary N) is 1. The lowest BCUT2D eigenvalue weighted by Crippen LogP contribution is -2.55. The van der Waals surface area contributed by atoms with Crippen LogP contribution in [0.4, 0.5) is 4.79 Å². The van der Waals surface area contributed by atoms with Crippen LogP contribution in [0.3, 0.4) is 0 Å². The van der Waals surface area contributed by atoms with Gasteiger partial charge >= 0.3 is 6.09 Å². The van der Waals surface area contributed by atoms with Crippen molar-refractivity contribution >= 4 is 17.0 Å². The van der Waals surface area contributed by atoms with Gasteiger partial charge in [0.05, 0.1) is 29.3 Å². The Bertz CT molecular complexity index is 1080. The summed E-state index contributed by atoms with van der Waals surface area (Å²) in [5.74, 6) is 0. The van der Waals surface area contributed by atoms with Crippen LogP contribution in [0.15, 0.2) is 29.1 Å². The van der Waals surface area contributed by atoms with Crippen LogP contribution in [0.2, 0.25) is 0 Å². The topological polar surface area (TPSA) is 96.6 Å². The number of methoxy groups -OCH3 is 1. The molecule has 172 valence electrons. The van der Waals surface area contributed by atoms with E-state index in [4.69, 9.17) is 9.47 Å². The number of fused-ring (bicyclic) bond motifs is 1. The molecular formula is C24H32N4O4. The summed E-state index contributed by atoms with van der Waals surface area (Å²) < 4.78 is 12.7. The van der Waals surface area contributed by atoms with E-state index >= 15 is 0 Å². The Morgan fingerprint density at radius 1 is 1.28 bits per heavy atom. The first-order valence-corrected chi connectivity index (χ1v) is 10.9. The summed E-state index contributed by atoms with van der Waals surface area (Å²) in [6, 6.07) is 9.11. The second kappa shape index (κ2) is 9.72. The van der Waals surface area contributed by atoms with Crippen molar-refractivity contribution in [1.82, 2.24) is 14.8 Å². The Hall–Kier alpha value is -2.89. The zero-order valence-corrected chi connectivity index (χ0v) is 19.5. The van der Waals surface area contributed by atoms with E-state index in [0.717, 1.165) is 29.4 Å². The number of amides is 1. The maximum absolute atomic E-state index is 12.7. The van der Waals surface area contributed by atoms with Crippen molar-refractivity contribution in [3.63, 3.8) is 0 Å². The van der Waals surface area contributed by atoms with E-state index in [-0.39, 0.29) is 17.7 Å². The number of hydrogen-bond donors (Lipinski definition) is 1. The molecule has 1 fully saturated rings. The first kappa shape index (κ1) is 23.8. The number of nitriles is 1. The molecule has 0 bridgehead atoms. The van der Waals surface area contributed by atoms with Gasteiger partial charge in [-0.3, -0.25) is 9.69 Å². The Labute approximate surface area is 188 Å². The molecule has 1 aromatic heterocycles. The minimum atomic E-state index is -0.553. The number of likely N-dealkylation sites (tertiary alicyclic amines) is 1. The number of alkyl carbamates (subject to hydrolysis) is 1. The molecule has 3 rings (SSSR count). The van der Waals surface area contributed by atoms with Gasteiger partial charge in [0.15, 0.2) is 0 Å². The van der Waals surface area contributed by atoms with Crippen LogP contribution in [0.25, 0.3) is 10.9 Å². The highest BCUT2D eigenvalue weighted by molar-refractivity contribution is 5.83. The van der Waals surface area contributed by atoms with Crippen molar-refractivity contribution in [2.75, 3.05) is 26.7 Å². The van der Waals surface area contributed by atoms with Gasteiger partial charge in [-0.15, -0.1) is 0 Å². The molecular weight excluding hydrogens is 408 g/mol.